The Bertz CT molecular complexity index is 477. The number of nitrogens with zero attached hydrogens (tertiary/aromatic N) is 2. The van der Waals surface area contributed by atoms with Gasteiger partial charge in [0, 0.05) is 19.2 Å². The lowest BCUT2D eigenvalue weighted by atomic mass is 10.4. The van der Waals surface area contributed by atoms with E-state index in [1.807, 2.05) is 0 Å². The van der Waals surface area contributed by atoms with Gasteiger partial charge in [0.05, 0.1) is 6.61 Å². The number of ether oxygens (including phenoxy) is 1. The number of rotatable bonds is 6. The zero-order valence-electron chi connectivity index (χ0n) is 10.6. The van der Waals surface area contributed by atoms with Gasteiger partial charge < -0.3 is 4.74 Å². The molecule has 0 aliphatic rings. The maximum atomic E-state index is 11.7. The Kier molecular flexibility index (Phi) is 7.09. The van der Waals surface area contributed by atoms with Gasteiger partial charge in [-0.05, 0) is 45.2 Å². The molecule has 0 amide bonds. The number of hydrogen-bond donors (Lipinski definition) is 0. The van der Waals surface area contributed by atoms with Crippen molar-refractivity contribution in [2.24, 2.45) is 0 Å². The van der Waals surface area contributed by atoms with Crippen LogP contribution in [0.15, 0.2) is 9.21 Å². The van der Waals surface area contributed by atoms with Crippen molar-refractivity contribution in [1.29, 1.82) is 0 Å². The van der Waals surface area contributed by atoms with Gasteiger partial charge in [-0.25, -0.2) is 4.79 Å². The molecule has 0 spiro atoms. The Morgan fingerprint density at radius 2 is 2.11 bits per heavy atom. The third-order valence-electron chi connectivity index (χ3n) is 2.15. The number of esters is 1. The van der Waals surface area contributed by atoms with Gasteiger partial charge >= 0.3 is 5.97 Å². The quantitative estimate of drug-likeness (QED) is 0.529. The lowest BCUT2D eigenvalue weighted by molar-refractivity contribution is -0.109. The highest BCUT2D eigenvalue weighted by molar-refractivity contribution is 9.11. The Morgan fingerprint density at radius 3 is 2.68 bits per heavy atom. The standard InChI is InChI=1S/C11H14Br2N2O3S/c1-3-18-11(17)8-9(12)14-15(10(8)13)5-4-6-19-7(2)16/h3-6H2,1-2H3. The summed E-state index contributed by atoms with van der Waals surface area (Å²) in [7, 11) is 0. The van der Waals surface area contributed by atoms with Crippen molar-refractivity contribution in [3.05, 3.63) is 14.8 Å². The van der Waals surface area contributed by atoms with Crippen LogP contribution in [0, 0.1) is 0 Å². The van der Waals surface area contributed by atoms with Crippen molar-refractivity contribution in [3.8, 4) is 0 Å². The summed E-state index contributed by atoms with van der Waals surface area (Å²) in [6, 6.07) is 0. The SMILES string of the molecule is CCOC(=O)c1c(Br)nn(CCCSC(C)=O)c1Br. The molecule has 1 aromatic rings. The monoisotopic (exact) mass is 412 g/mol. The van der Waals surface area contributed by atoms with Crippen LogP contribution >= 0.6 is 43.6 Å². The molecule has 0 unspecified atom stereocenters. The molecule has 19 heavy (non-hydrogen) atoms. The van der Waals surface area contributed by atoms with Crippen molar-refractivity contribution in [2.45, 2.75) is 26.8 Å². The maximum absolute atomic E-state index is 11.7. The summed E-state index contributed by atoms with van der Waals surface area (Å²) in [5, 5.41) is 4.33. The number of carbonyl (C=O) groups is 2. The summed E-state index contributed by atoms with van der Waals surface area (Å²) in [4.78, 5) is 22.5. The second-order valence-electron chi connectivity index (χ2n) is 3.59. The molecular formula is C11H14Br2N2O3S. The van der Waals surface area contributed by atoms with Crippen LogP contribution in [0.5, 0.6) is 0 Å². The van der Waals surface area contributed by atoms with Gasteiger partial charge in [0.15, 0.2) is 5.12 Å². The molecule has 5 nitrogen and oxygen atoms in total. The number of carbonyl (C=O) groups excluding carboxylic acids is 2. The smallest absolute Gasteiger partial charge is 0.343 e. The summed E-state index contributed by atoms with van der Waals surface area (Å²) in [5.74, 6) is 0.319. The third-order valence-corrected chi connectivity index (χ3v) is 4.41. The van der Waals surface area contributed by atoms with E-state index in [9.17, 15) is 9.59 Å². The Morgan fingerprint density at radius 1 is 1.42 bits per heavy atom. The van der Waals surface area contributed by atoms with E-state index in [1.165, 1.54) is 11.8 Å². The van der Waals surface area contributed by atoms with Gasteiger partial charge in [-0.1, -0.05) is 11.8 Å². The van der Waals surface area contributed by atoms with Crippen molar-refractivity contribution in [3.63, 3.8) is 0 Å². The molecule has 1 rings (SSSR count). The molecule has 0 saturated heterocycles. The fourth-order valence-electron chi connectivity index (χ4n) is 1.36. The van der Waals surface area contributed by atoms with Crippen LogP contribution in [0.2, 0.25) is 0 Å². The number of halogens is 2. The average Bonchev–Trinajstić information content (AvgIpc) is 2.60. The first-order valence-electron chi connectivity index (χ1n) is 5.69. The van der Waals surface area contributed by atoms with Gasteiger partial charge in [0.25, 0.3) is 0 Å². The highest BCUT2D eigenvalue weighted by Gasteiger charge is 2.21. The van der Waals surface area contributed by atoms with E-state index in [2.05, 4.69) is 37.0 Å². The Balaban J connectivity index is 2.68. The van der Waals surface area contributed by atoms with Crippen LogP contribution in [0.25, 0.3) is 0 Å². The van der Waals surface area contributed by atoms with E-state index in [-0.39, 0.29) is 5.12 Å². The van der Waals surface area contributed by atoms with Crippen molar-refractivity contribution >= 4 is 54.7 Å². The van der Waals surface area contributed by atoms with Gasteiger partial charge in [-0.15, -0.1) is 0 Å². The van der Waals surface area contributed by atoms with Gasteiger partial charge in [-0.3, -0.25) is 9.48 Å². The summed E-state index contributed by atoms with van der Waals surface area (Å²) in [6.45, 7) is 4.24. The topological polar surface area (TPSA) is 61.2 Å². The van der Waals surface area contributed by atoms with Crippen LogP contribution in [0.3, 0.4) is 0 Å². The zero-order valence-corrected chi connectivity index (χ0v) is 14.6. The fraction of sp³-hybridized carbons (Fsp3) is 0.545. The molecule has 8 heteroatoms. The Labute approximate surface area is 132 Å². The number of aromatic nitrogens is 2. The number of aryl methyl sites for hydroxylation is 1. The zero-order chi connectivity index (χ0) is 14.4. The molecule has 0 atom stereocenters. The van der Waals surface area contributed by atoms with Crippen molar-refractivity contribution in [2.75, 3.05) is 12.4 Å². The predicted octanol–water partition coefficient (Wildman–Crippen LogP) is 3.25. The second kappa shape index (κ2) is 8.06. The largest absolute Gasteiger partial charge is 0.462 e. The van der Waals surface area contributed by atoms with Gasteiger partial charge in [0.1, 0.15) is 14.8 Å². The summed E-state index contributed by atoms with van der Waals surface area (Å²) >= 11 is 7.88. The van der Waals surface area contributed by atoms with E-state index in [0.717, 1.165) is 12.2 Å². The molecule has 0 saturated carbocycles. The molecule has 0 aliphatic heterocycles. The second-order valence-corrected chi connectivity index (χ2v) is 6.37. The highest BCUT2D eigenvalue weighted by Crippen LogP contribution is 2.26. The minimum atomic E-state index is -0.411. The highest BCUT2D eigenvalue weighted by atomic mass is 79.9. The summed E-state index contributed by atoms with van der Waals surface area (Å²) < 4.78 is 7.68. The lowest BCUT2D eigenvalue weighted by Crippen LogP contribution is -2.06. The minimum absolute atomic E-state index is 0.105. The average molecular weight is 414 g/mol. The maximum Gasteiger partial charge on any atom is 0.343 e. The van der Waals surface area contributed by atoms with Gasteiger partial charge in [-0.2, -0.15) is 5.10 Å². The van der Waals surface area contributed by atoms with E-state index < -0.39 is 5.97 Å². The third kappa shape index (κ3) is 4.92. The number of thioether (sulfide) groups is 1. The van der Waals surface area contributed by atoms with E-state index in [0.29, 0.717) is 27.9 Å². The van der Waals surface area contributed by atoms with Gasteiger partial charge in [0.2, 0.25) is 0 Å². The van der Waals surface area contributed by atoms with E-state index in [1.54, 1.807) is 18.5 Å². The molecule has 0 radical (unpaired) electrons. The van der Waals surface area contributed by atoms with Crippen LogP contribution < -0.4 is 0 Å². The molecule has 0 N–H and O–H groups in total. The van der Waals surface area contributed by atoms with Crippen LogP contribution in [0.1, 0.15) is 30.6 Å². The van der Waals surface area contributed by atoms with Crippen molar-refractivity contribution < 1.29 is 14.3 Å². The minimum Gasteiger partial charge on any atom is -0.462 e. The van der Waals surface area contributed by atoms with Crippen molar-refractivity contribution in [1.82, 2.24) is 9.78 Å². The molecule has 1 heterocycles. The van der Waals surface area contributed by atoms with E-state index >= 15 is 0 Å². The summed E-state index contributed by atoms with van der Waals surface area (Å²) in [6.07, 6.45) is 0.791. The van der Waals surface area contributed by atoms with Crippen LogP contribution in [-0.2, 0) is 16.1 Å². The molecule has 1 aromatic heterocycles. The van der Waals surface area contributed by atoms with Crippen LogP contribution in [-0.4, -0.2) is 33.2 Å². The molecule has 0 aromatic carbocycles. The molecular weight excluding hydrogens is 400 g/mol. The normalized spacial score (nSPS) is 10.5. The predicted molar refractivity (Wildman–Crippen MR) is 81.3 cm³/mol. The lowest BCUT2D eigenvalue weighted by Gasteiger charge is -2.03. The van der Waals surface area contributed by atoms with E-state index in [4.69, 9.17) is 4.74 Å². The first-order chi connectivity index (χ1) is 8.97. The molecule has 106 valence electrons. The molecule has 0 fully saturated rings. The molecule has 0 bridgehead atoms. The summed E-state index contributed by atoms with van der Waals surface area (Å²) in [5.41, 5.74) is 0.390. The first kappa shape index (κ1) is 16.7. The Hall–Kier alpha value is -0.340. The molecule has 0 aliphatic carbocycles. The number of hydrogen-bond acceptors (Lipinski definition) is 5. The first-order valence-corrected chi connectivity index (χ1v) is 8.26. The fourth-order valence-corrected chi connectivity index (χ4v) is 3.34. The van der Waals surface area contributed by atoms with Crippen LogP contribution in [0.4, 0.5) is 0 Å².